The lowest BCUT2D eigenvalue weighted by Crippen LogP contribution is -2.30. The third-order valence-electron chi connectivity index (χ3n) is 4.54. The lowest BCUT2D eigenvalue weighted by molar-refractivity contribution is -0.122. The summed E-state index contributed by atoms with van der Waals surface area (Å²) in [5.41, 5.74) is 1.85. The zero-order chi connectivity index (χ0) is 22.4. The minimum atomic E-state index is -3.79. The average Bonchev–Trinajstić information content (AvgIpc) is 2.74. The molecule has 1 atom stereocenters. The number of hydrogen-bond donors (Lipinski definition) is 2. The number of rotatable bonds is 8. The number of aryl methyl sites for hydroxylation is 1. The van der Waals surface area contributed by atoms with Crippen LogP contribution in [-0.2, 0) is 21.2 Å². The number of carbonyl (C=O) groups is 1. The number of sulfonamides is 1. The number of amides is 1. The molecule has 0 aliphatic heterocycles. The Hall–Kier alpha value is -3.03. The predicted octanol–water partition coefficient (Wildman–Crippen LogP) is 5.11. The molecule has 3 aromatic carbocycles. The van der Waals surface area contributed by atoms with Crippen LogP contribution in [0, 0.1) is 0 Å². The minimum Gasteiger partial charge on any atom is -0.481 e. The van der Waals surface area contributed by atoms with Crippen LogP contribution in [0.2, 0.25) is 5.02 Å². The quantitative estimate of drug-likeness (QED) is 0.491. The Balaban J connectivity index is 1.65. The van der Waals surface area contributed by atoms with Gasteiger partial charge in [-0.2, -0.15) is 0 Å². The fraction of sp³-hybridized carbons (Fsp3) is 0.174. The molecule has 0 aliphatic rings. The lowest BCUT2D eigenvalue weighted by Gasteiger charge is -2.17. The van der Waals surface area contributed by atoms with Crippen molar-refractivity contribution in [3.8, 4) is 5.75 Å². The van der Waals surface area contributed by atoms with Gasteiger partial charge in [-0.25, -0.2) is 8.42 Å². The number of anilines is 2. The molecule has 0 aliphatic carbocycles. The molecule has 3 aromatic rings. The summed E-state index contributed by atoms with van der Waals surface area (Å²) in [7, 11) is -3.79. The molecule has 0 saturated carbocycles. The summed E-state index contributed by atoms with van der Waals surface area (Å²) in [5.74, 6) is 0.333. The summed E-state index contributed by atoms with van der Waals surface area (Å²) >= 11 is 5.90. The van der Waals surface area contributed by atoms with Crippen molar-refractivity contribution >= 4 is 38.9 Å². The molecule has 31 heavy (non-hydrogen) atoms. The standard InChI is InChI=1S/C23H23ClN2O4S/c1-3-17-7-4-5-10-22(17)30-16(2)23(27)25-19-11-13-21(14-12-19)31(28,29)26-20-9-6-8-18(24)15-20/h4-16,26H,3H2,1-2H3,(H,25,27)/t16-/m1/s1. The summed E-state index contributed by atoms with van der Waals surface area (Å²) in [4.78, 5) is 12.6. The summed E-state index contributed by atoms with van der Waals surface area (Å²) in [6.07, 6.45) is 0.0736. The maximum absolute atomic E-state index is 12.6. The fourth-order valence-corrected chi connectivity index (χ4v) is 4.12. The van der Waals surface area contributed by atoms with Gasteiger partial charge in [0.15, 0.2) is 6.10 Å². The number of nitrogens with one attached hydrogen (secondary N) is 2. The van der Waals surface area contributed by atoms with Crippen LogP contribution < -0.4 is 14.8 Å². The summed E-state index contributed by atoms with van der Waals surface area (Å²) < 4.78 is 33.4. The van der Waals surface area contributed by atoms with E-state index in [-0.39, 0.29) is 10.8 Å². The minimum absolute atomic E-state index is 0.0617. The van der Waals surface area contributed by atoms with E-state index in [2.05, 4.69) is 10.0 Å². The van der Waals surface area contributed by atoms with Gasteiger partial charge in [-0.05, 0) is 67.4 Å². The molecule has 0 fully saturated rings. The lowest BCUT2D eigenvalue weighted by atomic mass is 10.1. The molecule has 0 spiro atoms. The van der Waals surface area contributed by atoms with Crippen LogP contribution in [0.5, 0.6) is 5.75 Å². The van der Waals surface area contributed by atoms with Crippen molar-refractivity contribution in [2.75, 3.05) is 10.0 Å². The highest BCUT2D eigenvalue weighted by Crippen LogP contribution is 2.22. The van der Waals surface area contributed by atoms with Crippen LogP contribution in [0.25, 0.3) is 0 Å². The van der Waals surface area contributed by atoms with E-state index in [0.717, 1.165) is 12.0 Å². The van der Waals surface area contributed by atoms with Gasteiger partial charge in [0.1, 0.15) is 5.75 Å². The first-order valence-corrected chi connectivity index (χ1v) is 11.6. The Bertz CT molecular complexity index is 1160. The van der Waals surface area contributed by atoms with Crippen LogP contribution >= 0.6 is 11.6 Å². The highest BCUT2D eigenvalue weighted by atomic mass is 35.5. The molecule has 1 amide bonds. The van der Waals surface area contributed by atoms with Gasteiger partial charge in [-0.1, -0.05) is 42.8 Å². The van der Waals surface area contributed by atoms with Gasteiger partial charge in [-0.15, -0.1) is 0 Å². The SMILES string of the molecule is CCc1ccccc1O[C@H](C)C(=O)Nc1ccc(S(=O)(=O)Nc2cccc(Cl)c2)cc1. The number of ether oxygens (including phenoxy) is 1. The Kier molecular flexibility index (Phi) is 7.20. The van der Waals surface area contributed by atoms with Crippen molar-refractivity contribution in [2.45, 2.75) is 31.3 Å². The second kappa shape index (κ2) is 9.85. The molecule has 0 heterocycles. The maximum Gasteiger partial charge on any atom is 0.265 e. The van der Waals surface area contributed by atoms with Crippen LogP contribution in [0.15, 0.2) is 77.7 Å². The first-order valence-electron chi connectivity index (χ1n) is 9.72. The van der Waals surface area contributed by atoms with E-state index in [1.807, 2.05) is 31.2 Å². The van der Waals surface area contributed by atoms with E-state index in [0.29, 0.717) is 22.1 Å². The highest BCUT2D eigenvalue weighted by molar-refractivity contribution is 7.92. The molecule has 0 saturated heterocycles. The highest BCUT2D eigenvalue weighted by Gasteiger charge is 2.18. The summed E-state index contributed by atoms with van der Waals surface area (Å²) in [6.45, 7) is 3.68. The van der Waals surface area contributed by atoms with E-state index < -0.39 is 16.1 Å². The zero-order valence-electron chi connectivity index (χ0n) is 17.1. The molecule has 162 valence electrons. The number of benzene rings is 3. The smallest absolute Gasteiger partial charge is 0.265 e. The molecule has 0 bridgehead atoms. The Labute approximate surface area is 187 Å². The van der Waals surface area contributed by atoms with Gasteiger partial charge in [0, 0.05) is 10.7 Å². The number of halogens is 1. The Morgan fingerprint density at radius 1 is 1.00 bits per heavy atom. The van der Waals surface area contributed by atoms with Crippen molar-refractivity contribution in [2.24, 2.45) is 0 Å². The molecule has 0 radical (unpaired) electrons. The summed E-state index contributed by atoms with van der Waals surface area (Å²) in [5, 5.41) is 3.17. The molecule has 0 unspecified atom stereocenters. The van der Waals surface area contributed by atoms with Crippen molar-refractivity contribution < 1.29 is 17.9 Å². The van der Waals surface area contributed by atoms with E-state index in [1.54, 1.807) is 25.1 Å². The molecule has 2 N–H and O–H groups in total. The van der Waals surface area contributed by atoms with Crippen LogP contribution in [0.4, 0.5) is 11.4 Å². The van der Waals surface area contributed by atoms with Crippen molar-refractivity contribution in [1.29, 1.82) is 0 Å². The third-order valence-corrected chi connectivity index (χ3v) is 6.17. The van der Waals surface area contributed by atoms with Gasteiger partial charge in [0.05, 0.1) is 10.6 Å². The number of para-hydroxylation sites is 1. The average molecular weight is 459 g/mol. The van der Waals surface area contributed by atoms with Gasteiger partial charge in [0.25, 0.3) is 15.9 Å². The molecule has 8 heteroatoms. The van der Waals surface area contributed by atoms with Gasteiger partial charge >= 0.3 is 0 Å². The van der Waals surface area contributed by atoms with Gasteiger partial charge < -0.3 is 10.1 Å². The van der Waals surface area contributed by atoms with Gasteiger partial charge in [-0.3, -0.25) is 9.52 Å². The van der Waals surface area contributed by atoms with E-state index in [4.69, 9.17) is 16.3 Å². The largest absolute Gasteiger partial charge is 0.481 e. The summed E-state index contributed by atoms with van der Waals surface area (Å²) in [6, 6.07) is 19.9. The molecule has 3 rings (SSSR count). The van der Waals surface area contributed by atoms with E-state index >= 15 is 0 Å². The maximum atomic E-state index is 12.6. The fourth-order valence-electron chi connectivity index (χ4n) is 2.88. The predicted molar refractivity (Wildman–Crippen MR) is 123 cm³/mol. The second-order valence-corrected chi connectivity index (χ2v) is 8.97. The molecular weight excluding hydrogens is 436 g/mol. The third kappa shape index (κ3) is 5.99. The van der Waals surface area contributed by atoms with Crippen molar-refractivity contribution in [3.63, 3.8) is 0 Å². The van der Waals surface area contributed by atoms with Crippen molar-refractivity contribution in [3.05, 3.63) is 83.4 Å². The number of carbonyl (C=O) groups excluding carboxylic acids is 1. The normalized spacial score (nSPS) is 12.1. The van der Waals surface area contributed by atoms with Crippen LogP contribution in [-0.4, -0.2) is 20.4 Å². The Morgan fingerprint density at radius 3 is 2.39 bits per heavy atom. The first kappa shape index (κ1) is 22.7. The second-order valence-electron chi connectivity index (χ2n) is 6.85. The monoisotopic (exact) mass is 458 g/mol. The first-order chi connectivity index (χ1) is 14.8. The number of hydrogen-bond acceptors (Lipinski definition) is 4. The van der Waals surface area contributed by atoms with Crippen LogP contribution in [0.3, 0.4) is 0 Å². The van der Waals surface area contributed by atoms with Gasteiger partial charge in [0.2, 0.25) is 0 Å². The molecule has 6 nitrogen and oxygen atoms in total. The Morgan fingerprint density at radius 2 is 1.71 bits per heavy atom. The molecular formula is C23H23ClN2O4S. The van der Waals surface area contributed by atoms with E-state index in [1.165, 1.54) is 30.3 Å². The van der Waals surface area contributed by atoms with Crippen LogP contribution in [0.1, 0.15) is 19.4 Å². The van der Waals surface area contributed by atoms with E-state index in [9.17, 15) is 13.2 Å². The zero-order valence-corrected chi connectivity index (χ0v) is 18.7. The molecule has 0 aromatic heterocycles. The topological polar surface area (TPSA) is 84.5 Å². The van der Waals surface area contributed by atoms with Crippen molar-refractivity contribution in [1.82, 2.24) is 0 Å².